The van der Waals surface area contributed by atoms with Crippen LogP contribution in [0.3, 0.4) is 0 Å². The van der Waals surface area contributed by atoms with Gasteiger partial charge in [0, 0.05) is 12.5 Å². The van der Waals surface area contributed by atoms with Crippen LogP contribution in [0.1, 0.15) is 66.8 Å². The predicted molar refractivity (Wildman–Crippen MR) is 109 cm³/mol. The van der Waals surface area contributed by atoms with Gasteiger partial charge in [-0.25, -0.2) is 0 Å². The first-order chi connectivity index (χ1) is 12.5. The highest BCUT2D eigenvalue weighted by atomic mass is 31.1. The van der Waals surface area contributed by atoms with Crippen LogP contribution in [-0.2, 0) is 10.9 Å². The maximum absolute atomic E-state index is 10.1. The fourth-order valence-electron chi connectivity index (χ4n) is 3.91. The average molecular weight is 372 g/mol. The molecule has 1 N–H and O–H groups in total. The highest BCUT2D eigenvalue weighted by molar-refractivity contribution is 7.31. The lowest BCUT2D eigenvalue weighted by Crippen LogP contribution is -2.02. The molecular weight excluding hydrogens is 343 g/mol. The van der Waals surface area contributed by atoms with Gasteiger partial charge in [0.05, 0.1) is 8.81 Å². The molecule has 0 saturated carbocycles. The maximum Gasteiger partial charge on any atom is 0.129 e. The first kappa shape index (κ1) is 19.2. The summed E-state index contributed by atoms with van der Waals surface area (Å²) in [5, 5.41) is 10.1. The second kappa shape index (κ2) is 8.41. The summed E-state index contributed by atoms with van der Waals surface area (Å²) >= 11 is 0. The Kier molecular flexibility index (Phi) is 6.21. The predicted octanol–water partition coefficient (Wildman–Crippen LogP) is 5.87. The normalized spacial score (nSPS) is 16.6. The molecule has 2 unspecified atom stereocenters. The van der Waals surface area contributed by atoms with Gasteiger partial charge in [0.25, 0.3) is 0 Å². The van der Waals surface area contributed by atoms with Gasteiger partial charge in [-0.3, -0.25) is 0 Å². The molecule has 0 saturated heterocycles. The van der Waals surface area contributed by atoms with E-state index in [1.54, 1.807) is 0 Å². The van der Waals surface area contributed by atoms with Crippen molar-refractivity contribution in [3.8, 4) is 11.5 Å². The van der Waals surface area contributed by atoms with Crippen molar-refractivity contribution in [2.45, 2.75) is 52.4 Å². The largest absolute Gasteiger partial charge is 0.508 e. The second-order valence-corrected chi connectivity index (χ2v) is 8.11. The standard InChI is InChI=1S/C22H29O3P/c1-5-25-26-13-24-18-10-15(4)22-17(11-18)6-8-19(22)16-7-9-21(23)20(12-16)14(2)3/h7,9-12,14,19,23,26H,5-6,8,13H2,1-4H3. The van der Waals surface area contributed by atoms with Gasteiger partial charge in [-0.2, -0.15) is 0 Å². The quantitative estimate of drug-likeness (QED) is 0.488. The van der Waals surface area contributed by atoms with E-state index in [1.807, 2.05) is 13.0 Å². The van der Waals surface area contributed by atoms with Gasteiger partial charge in [-0.1, -0.05) is 26.0 Å². The van der Waals surface area contributed by atoms with Gasteiger partial charge in [0.1, 0.15) is 17.8 Å². The van der Waals surface area contributed by atoms with E-state index in [1.165, 1.54) is 22.3 Å². The topological polar surface area (TPSA) is 38.7 Å². The van der Waals surface area contributed by atoms with Crippen LogP contribution in [0.25, 0.3) is 0 Å². The molecule has 0 aliphatic heterocycles. The number of aromatic hydroxyl groups is 1. The molecule has 140 valence electrons. The average Bonchev–Trinajstić information content (AvgIpc) is 3.03. The molecule has 1 aliphatic rings. The Morgan fingerprint density at radius 1 is 1.23 bits per heavy atom. The highest BCUT2D eigenvalue weighted by Crippen LogP contribution is 2.43. The Bertz CT molecular complexity index is 770. The van der Waals surface area contributed by atoms with Crippen molar-refractivity contribution in [1.82, 2.24) is 0 Å². The lowest BCUT2D eigenvalue weighted by Gasteiger charge is -2.18. The minimum atomic E-state index is 0.318. The van der Waals surface area contributed by atoms with Crippen molar-refractivity contribution in [2.75, 3.05) is 13.0 Å². The Balaban J connectivity index is 1.84. The van der Waals surface area contributed by atoms with E-state index in [2.05, 4.69) is 45.0 Å². The Morgan fingerprint density at radius 3 is 2.77 bits per heavy atom. The van der Waals surface area contributed by atoms with Crippen LogP contribution in [0.2, 0.25) is 0 Å². The van der Waals surface area contributed by atoms with Crippen LogP contribution in [0, 0.1) is 6.92 Å². The number of ether oxygens (including phenoxy) is 1. The number of aryl methyl sites for hydroxylation is 2. The summed E-state index contributed by atoms with van der Waals surface area (Å²) < 4.78 is 11.3. The SMILES string of the molecule is CCOPCOc1cc(C)c2c(c1)CCC2c1ccc(O)c(C(C)C)c1. The molecule has 2 aromatic carbocycles. The van der Waals surface area contributed by atoms with E-state index < -0.39 is 0 Å². The lowest BCUT2D eigenvalue weighted by molar-refractivity contribution is 0.342. The van der Waals surface area contributed by atoms with Crippen molar-refractivity contribution >= 4 is 8.81 Å². The zero-order chi connectivity index (χ0) is 18.7. The summed E-state index contributed by atoms with van der Waals surface area (Å²) in [6.45, 7) is 9.16. The van der Waals surface area contributed by atoms with Crippen LogP contribution in [0.5, 0.6) is 11.5 Å². The third-order valence-corrected chi connectivity index (χ3v) is 5.87. The molecule has 0 spiro atoms. The molecule has 0 aromatic heterocycles. The third-order valence-electron chi connectivity index (χ3n) is 5.12. The van der Waals surface area contributed by atoms with E-state index in [0.29, 0.717) is 32.7 Å². The monoisotopic (exact) mass is 372 g/mol. The van der Waals surface area contributed by atoms with E-state index >= 15 is 0 Å². The number of phenols is 1. The zero-order valence-electron chi connectivity index (χ0n) is 16.1. The maximum atomic E-state index is 10.1. The molecule has 3 rings (SSSR count). The van der Waals surface area contributed by atoms with E-state index in [-0.39, 0.29) is 0 Å². The van der Waals surface area contributed by atoms with Crippen LogP contribution in [-0.4, -0.2) is 18.1 Å². The molecule has 2 aromatic rings. The molecule has 0 radical (unpaired) electrons. The number of benzene rings is 2. The summed E-state index contributed by atoms with van der Waals surface area (Å²) in [6.07, 6.45) is 2.80. The molecule has 0 amide bonds. The van der Waals surface area contributed by atoms with Crippen molar-refractivity contribution in [2.24, 2.45) is 0 Å². The van der Waals surface area contributed by atoms with Gasteiger partial charge in [0.2, 0.25) is 0 Å². The third kappa shape index (κ3) is 4.05. The highest BCUT2D eigenvalue weighted by Gasteiger charge is 2.27. The Hall–Kier alpha value is -1.57. The summed E-state index contributed by atoms with van der Waals surface area (Å²) in [4.78, 5) is 0. The molecule has 0 heterocycles. The molecule has 3 nitrogen and oxygen atoms in total. The fourth-order valence-corrected chi connectivity index (χ4v) is 4.42. The van der Waals surface area contributed by atoms with Gasteiger partial charge in [-0.05, 0) is 78.6 Å². The van der Waals surface area contributed by atoms with Crippen LogP contribution >= 0.6 is 8.81 Å². The van der Waals surface area contributed by atoms with E-state index in [9.17, 15) is 5.11 Å². The first-order valence-electron chi connectivity index (χ1n) is 9.45. The molecule has 2 atom stereocenters. The molecule has 26 heavy (non-hydrogen) atoms. The molecule has 0 bridgehead atoms. The number of hydrogen-bond acceptors (Lipinski definition) is 3. The zero-order valence-corrected chi connectivity index (χ0v) is 17.1. The molecule has 4 heteroatoms. The van der Waals surface area contributed by atoms with Crippen LogP contribution in [0.15, 0.2) is 30.3 Å². The molecular formula is C22H29O3P. The molecule has 1 aliphatic carbocycles. The van der Waals surface area contributed by atoms with Crippen molar-refractivity contribution in [1.29, 1.82) is 0 Å². The summed E-state index contributed by atoms with van der Waals surface area (Å²) in [7, 11) is 0.386. The van der Waals surface area contributed by atoms with Gasteiger partial charge < -0.3 is 14.4 Å². The number of hydrogen-bond donors (Lipinski definition) is 1. The number of rotatable bonds is 7. The summed E-state index contributed by atoms with van der Waals surface area (Å²) in [5.74, 6) is 2.07. The van der Waals surface area contributed by atoms with Crippen LogP contribution < -0.4 is 4.74 Å². The van der Waals surface area contributed by atoms with E-state index in [4.69, 9.17) is 9.26 Å². The van der Waals surface area contributed by atoms with E-state index in [0.717, 1.165) is 30.8 Å². The van der Waals surface area contributed by atoms with Gasteiger partial charge >= 0.3 is 0 Å². The Labute approximate surface area is 158 Å². The smallest absolute Gasteiger partial charge is 0.129 e. The van der Waals surface area contributed by atoms with Gasteiger partial charge in [-0.15, -0.1) is 0 Å². The fraction of sp³-hybridized carbons (Fsp3) is 0.455. The first-order valence-corrected chi connectivity index (χ1v) is 10.6. The second-order valence-electron chi connectivity index (χ2n) is 7.24. The van der Waals surface area contributed by atoms with Crippen molar-refractivity contribution in [3.05, 3.63) is 58.1 Å². The lowest BCUT2D eigenvalue weighted by atomic mass is 9.87. The van der Waals surface area contributed by atoms with Crippen molar-refractivity contribution < 1.29 is 14.4 Å². The molecule has 0 fully saturated rings. The van der Waals surface area contributed by atoms with Gasteiger partial charge in [0.15, 0.2) is 0 Å². The number of phenolic OH excluding ortho intramolecular Hbond substituents is 1. The summed E-state index contributed by atoms with van der Waals surface area (Å²) in [6, 6.07) is 10.5. The minimum Gasteiger partial charge on any atom is -0.508 e. The Morgan fingerprint density at radius 2 is 2.04 bits per heavy atom. The van der Waals surface area contributed by atoms with Crippen molar-refractivity contribution in [3.63, 3.8) is 0 Å². The minimum absolute atomic E-state index is 0.318. The number of fused-ring (bicyclic) bond motifs is 1. The van der Waals surface area contributed by atoms with Crippen LogP contribution in [0.4, 0.5) is 0 Å². The summed E-state index contributed by atoms with van der Waals surface area (Å²) in [5.41, 5.74) is 6.46.